The Morgan fingerprint density at radius 2 is 1.67 bits per heavy atom. The van der Waals surface area contributed by atoms with Crippen LogP contribution in [0.1, 0.15) is 99.3 Å². The summed E-state index contributed by atoms with van der Waals surface area (Å²) in [7, 11) is -1.72. The minimum absolute atomic E-state index is 0.297. The second-order valence-corrected chi connectivity index (χ2v) is 18.6. The minimum Gasteiger partial charge on any atom is -0.413 e. The second-order valence-electron chi connectivity index (χ2n) is 13.8. The molecule has 0 aromatic carbocycles. The highest BCUT2D eigenvalue weighted by Crippen LogP contribution is 2.64. The minimum atomic E-state index is -1.72. The summed E-state index contributed by atoms with van der Waals surface area (Å²) in [4.78, 5) is 0. The van der Waals surface area contributed by atoms with Crippen LogP contribution in [-0.2, 0) is 4.43 Å². The molecule has 0 radical (unpaired) electrons. The zero-order chi connectivity index (χ0) is 22.1. The van der Waals surface area contributed by atoms with Gasteiger partial charge in [-0.25, -0.2) is 0 Å². The molecule has 4 aliphatic carbocycles. The fourth-order valence-electron chi connectivity index (χ4n) is 8.42. The third-order valence-corrected chi connectivity index (χ3v) is 15.8. The van der Waals surface area contributed by atoms with Crippen LogP contribution in [0.25, 0.3) is 0 Å². The van der Waals surface area contributed by atoms with Crippen molar-refractivity contribution in [2.75, 3.05) is 0 Å². The Morgan fingerprint density at radius 3 is 2.30 bits per heavy atom. The molecule has 4 unspecified atom stereocenters. The number of hydrogen-bond acceptors (Lipinski definition) is 2. The van der Waals surface area contributed by atoms with E-state index in [1.54, 1.807) is 0 Å². The van der Waals surface area contributed by atoms with Crippen LogP contribution in [0.5, 0.6) is 0 Å². The summed E-state index contributed by atoms with van der Waals surface area (Å²) >= 11 is 0. The highest BCUT2D eigenvalue weighted by molar-refractivity contribution is 6.74. The largest absolute Gasteiger partial charge is 0.413 e. The zero-order valence-corrected chi connectivity index (χ0v) is 22.3. The van der Waals surface area contributed by atoms with Crippen LogP contribution in [0.4, 0.5) is 0 Å². The Labute approximate surface area is 188 Å². The first-order valence-corrected chi connectivity index (χ1v) is 16.1. The number of fused-ring (bicyclic) bond motifs is 5. The smallest absolute Gasteiger partial charge is 0.192 e. The van der Waals surface area contributed by atoms with Gasteiger partial charge in [0.15, 0.2) is 8.32 Å². The lowest BCUT2D eigenvalue weighted by Gasteiger charge is -2.58. The Balaban J connectivity index is 1.51. The van der Waals surface area contributed by atoms with Gasteiger partial charge in [-0.2, -0.15) is 0 Å². The quantitative estimate of drug-likeness (QED) is 0.468. The first kappa shape index (κ1) is 23.3. The molecule has 0 heterocycles. The lowest BCUT2D eigenvalue weighted by molar-refractivity contribution is -0.131. The Morgan fingerprint density at radius 1 is 0.967 bits per heavy atom. The molecule has 4 saturated carbocycles. The monoisotopic (exact) mass is 434 g/mol. The predicted molar refractivity (Wildman–Crippen MR) is 129 cm³/mol. The van der Waals surface area contributed by atoms with Gasteiger partial charge in [0, 0.05) is 0 Å². The third kappa shape index (κ3) is 3.67. The van der Waals surface area contributed by atoms with Crippen molar-refractivity contribution in [3.05, 3.63) is 0 Å². The van der Waals surface area contributed by atoms with Crippen LogP contribution in [0.15, 0.2) is 0 Å². The van der Waals surface area contributed by atoms with Crippen LogP contribution in [-0.4, -0.2) is 25.1 Å². The van der Waals surface area contributed by atoms with E-state index in [-0.39, 0.29) is 0 Å². The van der Waals surface area contributed by atoms with Crippen LogP contribution in [0, 0.1) is 40.9 Å². The van der Waals surface area contributed by atoms with Gasteiger partial charge in [0.2, 0.25) is 0 Å². The summed E-state index contributed by atoms with van der Waals surface area (Å²) in [6.45, 7) is 19.1. The highest BCUT2D eigenvalue weighted by Gasteiger charge is 2.59. The maximum atomic E-state index is 11.1. The molecular weight excluding hydrogens is 384 g/mol. The first-order valence-electron chi connectivity index (χ1n) is 13.2. The van der Waals surface area contributed by atoms with Gasteiger partial charge in [-0.3, -0.25) is 0 Å². The van der Waals surface area contributed by atoms with Gasteiger partial charge in [0.25, 0.3) is 0 Å². The van der Waals surface area contributed by atoms with Gasteiger partial charge in [-0.05, 0) is 117 Å². The van der Waals surface area contributed by atoms with Crippen LogP contribution < -0.4 is 0 Å². The van der Waals surface area contributed by atoms with Crippen LogP contribution in [0.3, 0.4) is 0 Å². The molecule has 1 N–H and O–H groups in total. The van der Waals surface area contributed by atoms with Crippen molar-refractivity contribution in [3.63, 3.8) is 0 Å². The lowest BCUT2D eigenvalue weighted by Crippen LogP contribution is -2.54. The number of hydrogen-bond donors (Lipinski definition) is 1. The molecule has 0 aliphatic heterocycles. The van der Waals surface area contributed by atoms with E-state index in [0.29, 0.717) is 22.5 Å². The fourth-order valence-corrected chi connectivity index (χ4v) is 9.87. The van der Waals surface area contributed by atoms with Gasteiger partial charge in [0.1, 0.15) is 0 Å². The molecule has 0 saturated heterocycles. The summed E-state index contributed by atoms with van der Waals surface area (Å²) in [5.41, 5.74) is -0.0325. The van der Waals surface area contributed by atoms with Gasteiger partial charge in [0.05, 0.1) is 11.7 Å². The molecule has 0 bridgehead atoms. The molecule has 0 aromatic rings. The molecule has 0 amide bonds. The summed E-state index contributed by atoms with van der Waals surface area (Å²) in [6.07, 6.45) is 12.2. The standard InChI is InChI=1S/C27H50O2Si/c1-9-19-16-22-18(17-27(19,6)28)10-11-21-20(22)14-15-26(5)23(21)12-13-24(26)29-30(7,8)25(2,3)4/h18-24,28H,9-17H2,1-8H3/t18?,19?,20-,21+,22-,23-,24?,26-,27?/m0/s1. The maximum absolute atomic E-state index is 11.1. The first-order chi connectivity index (χ1) is 13.8. The van der Waals surface area contributed by atoms with Crippen molar-refractivity contribution in [1.29, 1.82) is 0 Å². The Bertz CT molecular complexity index is 635. The van der Waals surface area contributed by atoms with E-state index in [4.69, 9.17) is 4.43 Å². The lowest BCUT2D eigenvalue weighted by atomic mass is 9.48. The van der Waals surface area contributed by atoms with Crippen molar-refractivity contribution in [3.8, 4) is 0 Å². The summed E-state index contributed by atoms with van der Waals surface area (Å²) < 4.78 is 7.09. The molecule has 30 heavy (non-hydrogen) atoms. The van der Waals surface area contributed by atoms with Gasteiger partial charge in [-0.1, -0.05) is 41.0 Å². The molecule has 2 nitrogen and oxygen atoms in total. The average Bonchev–Trinajstić information content (AvgIpc) is 2.95. The van der Waals surface area contributed by atoms with Crippen molar-refractivity contribution in [2.24, 2.45) is 40.9 Å². The average molecular weight is 435 g/mol. The Hall–Kier alpha value is 0.137. The molecule has 9 atom stereocenters. The van der Waals surface area contributed by atoms with Crippen molar-refractivity contribution >= 4 is 8.32 Å². The molecule has 4 fully saturated rings. The number of aliphatic hydroxyl groups is 1. The molecule has 4 aliphatic rings. The normalized spacial score (nSPS) is 49.3. The third-order valence-electron chi connectivity index (χ3n) is 11.3. The number of rotatable bonds is 3. The molecule has 4 rings (SSSR count). The van der Waals surface area contributed by atoms with Crippen molar-refractivity contribution < 1.29 is 9.53 Å². The van der Waals surface area contributed by atoms with E-state index in [1.807, 2.05) is 0 Å². The van der Waals surface area contributed by atoms with Gasteiger partial charge >= 0.3 is 0 Å². The van der Waals surface area contributed by atoms with Crippen LogP contribution >= 0.6 is 0 Å². The van der Waals surface area contributed by atoms with Crippen LogP contribution in [0.2, 0.25) is 18.1 Å². The van der Waals surface area contributed by atoms with E-state index in [1.165, 1.54) is 44.9 Å². The summed E-state index contributed by atoms with van der Waals surface area (Å²) in [5, 5.41) is 11.4. The molecule has 3 heteroatoms. The van der Waals surface area contributed by atoms with Crippen molar-refractivity contribution in [2.45, 2.75) is 129 Å². The van der Waals surface area contributed by atoms with E-state index in [2.05, 4.69) is 54.6 Å². The van der Waals surface area contributed by atoms with E-state index < -0.39 is 13.9 Å². The summed E-state index contributed by atoms with van der Waals surface area (Å²) in [5.74, 6) is 4.85. The van der Waals surface area contributed by atoms with E-state index in [9.17, 15) is 5.11 Å². The molecule has 0 spiro atoms. The Kier molecular flexibility index (Phi) is 5.89. The molecule has 0 aromatic heterocycles. The predicted octanol–water partition coefficient (Wildman–Crippen LogP) is 7.42. The van der Waals surface area contributed by atoms with Gasteiger partial charge < -0.3 is 9.53 Å². The summed E-state index contributed by atoms with van der Waals surface area (Å²) in [6, 6.07) is 0. The van der Waals surface area contributed by atoms with Crippen molar-refractivity contribution in [1.82, 2.24) is 0 Å². The SMILES string of the molecule is CCC1C[C@H]2C(CC[C@@H]3[C@@H]2CC[C@]2(C)C(O[Si](C)(C)C(C)(C)C)CC[C@@H]32)CC1(C)O. The van der Waals surface area contributed by atoms with E-state index in [0.717, 1.165) is 42.4 Å². The topological polar surface area (TPSA) is 29.5 Å². The maximum Gasteiger partial charge on any atom is 0.192 e. The van der Waals surface area contributed by atoms with Gasteiger partial charge in [-0.15, -0.1) is 0 Å². The molecule has 174 valence electrons. The second kappa shape index (κ2) is 7.59. The zero-order valence-electron chi connectivity index (χ0n) is 21.3. The highest BCUT2D eigenvalue weighted by atomic mass is 28.4. The van der Waals surface area contributed by atoms with E-state index >= 15 is 0 Å². The molecular formula is C27H50O2Si. The fraction of sp³-hybridized carbons (Fsp3) is 1.00.